The number of likely N-dealkylation sites (tertiary alicyclic amines) is 1. The van der Waals surface area contributed by atoms with Gasteiger partial charge in [0.05, 0.1) is 17.2 Å². The SMILES string of the molecule is O=C(NC(CN1CCCC1)C(O)c1ccc(OC2CC2)c(Cl)c1)C1=NOCc2c1ccc1cc(F)ccc21. The van der Waals surface area contributed by atoms with Crippen LogP contribution in [0.4, 0.5) is 4.39 Å². The van der Waals surface area contributed by atoms with Crippen molar-refractivity contribution in [2.75, 3.05) is 19.6 Å². The number of nitrogens with zero attached hydrogens (tertiary/aromatic N) is 2. The number of nitrogens with one attached hydrogen (secondary N) is 1. The molecule has 0 aromatic heterocycles. The zero-order chi connectivity index (χ0) is 26.2. The van der Waals surface area contributed by atoms with Crippen molar-refractivity contribution in [3.63, 3.8) is 0 Å². The van der Waals surface area contributed by atoms with E-state index >= 15 is 0 Å². The van der Waals surface area contributed by atoms with Crippen molar-refractivity contribution in [1.29, 1.82) is 0 Å². The highest BCUT2D eigenvalue weighted by Gasteiger charge is 2.31. The Balaban J connectivity index is 1.26. The third kappa shape index (κ3) is 5.21. The highest BCUT2D eigenvalue weighted by atomic mass is 35.5. The van der Waals surface area contributed by atoms with Gasteiger partial charge in [-0.25, -0.2) is 4.39 Å². The van der Waals surface area contributed by atoms with Gasteiger partial charge in [0, 0.05) is 17.7 Å². The van der Waals surface area contributed by atoms with Crippen LogP contribution >= 0.6 is 11.6 Å². The van der Waals surface area contributed by atoms with E-state index in [1.54, 1.807) is 36.4 Å². The lowest BCUT2D eigenvalue weighted by atomic mass is 9.95. The van der Waals surface area contributed by atoms with Crippen LogP contribution in [0.5, 0.6) is 5.75 Å². The Hall–Kier alpha value is -3.20. The number of fused-ring (bicyclic) bond motifs is 3. The minimum absolute atomic E-state index is 0.127. The molecule has 2 heterocycles. The van der Waals surface area contributed by atoms with E-state index in [2.05, 4.69) is 15.4 Å². The number of rotatable bonds is 8. The lowest BCUT2D eigenvalue weighted by molar-refractivity contribution is -0.116. The first kappa shape index (κ1) is 25.1. The topological polar surface area (TPSA) is 83.4 Å². The number of oxime groups is 1. The molecular weight excluding hydrogens is 509 g/mol. The minimum atomic E-state index is -1.00. The first-order valence-corrected chi connectivity index (χ1v) is 13.4. The molecule has 1 saturated heterocycles. The number of carbonyl (C=O) groups excluding carboxylic acids is 1. The van der Waals surface area contributed by atoms with Gasteiger partial charge in [0.2, 0.25) is 0 Å². The maximum absolute atomic E-state index is 13.7. The minimum Gasteiger partial charge on any atom is -0.489 e. The number of hydrogen-bond donors (Lipinski definition) is 2. The van der Waals surface area contributed by atoms with E-state index in [0.717, 1.165) is 55.1 Å². The van der Waals surface area contributed by atoms with Crippen molar-refractivity contribution in [1.82, 2.24) is 10.2 Å². The Bertz CT molecular complexity index is 1400. The molecule has 38 heavy (non-hydrogen) atoms. The van der Waals surface area contributed by atoms with Gasteiger partial charge in [-0.15, -0.1) is 0 Å². The van der Waals surface area contributed by atoms with Crippen molar-refractivity contribution >= 4 is 34.0 Å². The number of aliphatic hydroxyl groups excluding tert-OH is 1. The van der Waals surface area contributed by atoms with Gasteiger partial charge in [0.25, 0.3) is 5.91 Å². The molecule has 2 fully saturated rings. The Morgan fingerprint density at radius 1 is 1.18 bits per heavy atom. The maximum atomic E-state index is 13.7. The average molecular weight is 538 g/mol. The molecule has 1 saturated carbocycles. The zero-order valence-electron chi connectivity index (χ0n) is 20.8. The number of halogens is 2. The second-order valence-electron chi connectivity index (χ2n) is 10.2. The molecule has 198 valence electrons. The van der Waals surface area contributed by atoms with Gasteiger partial charge >= 0.3 is 0 Å². The third-order valence-corrected chi connectivity index (χ3v) is 7.69. The van der Waals surface area contributed by atoms with Gasteiger partial charge in [0.15, 0.2) is 5.71 Å². The highest BCUT2D eigenvalue weighted by Crippen LogP contribution is 2.34. The number of benzene rings is 3. The van der Waals surface area contributed by atoms with Gasteiger partial charge in [0.1, 0.15) is 24.3 Å². The standard InChI is InChI=1S/C29H29ClFN3O4/c30-24-14-18(4-10-26(24)38-20-6-7-20)28(35)25(15-34-11-1-2-12-34)32-29(36)27-22-8-3-17-13-19(31)5-9-21(17)23(22)16-37-33-27/h3-5,8-10,13-14,20,25,28,35H,1-2,6-7,11-12,15-16H2,(H,32,36). The van der Waals surface area contributed by atoms with Crippen molar-refractivity contribution in [2.24, 2.45) is 5.16 Å². The van der Waals surface area contributed by atoms with Crippen LogP contribution in [-0.2, 0) is 16.2 Å². The molecule has 3 aromatic carbocycles. The first-order chi connectivity index (χ1) is 18.5. The summed E-state index contributed by atoms with van der Waals surface area (Å²) in [5.74, 6) is -0.176. The van der Waals surface area contributed by atoms with E-state index < -0.39 is 18.1 Å². The quantitative estimate of drug-likeness (QED) is 0.434. The summed E-state index contributed by atoms with van der Waals surface area (Å²) in [5.41, 5.74) is 2.13. The zero-order valence-corrected chi connectivity index (χ0v) is 21.6. The van der Waals surface area contributed by atoms with Crippen LogP contribution in [0.2, 0.25) is 5.02 Å². The molecule has 1 aliphatic carbocycles. The van der Waals surface area contributed by atoms with Gasteiger partial charge in [-0.05, 0) is 79.4 Å². The normalized spacial score (nSPS) is 18.9. The molecule has 7 nitrogen and oxygen atoms in total. The fraction of sp³-hybridized carbons (Fsp3) is 0.379. The largest absolute Gasteiger partial charge is 0.489 e. The Kier molecular flexibility index (Phi) is 6.95. The molecule has 2 atom stereocenters. The highest BCUT2D eigenvalue weighted by molar-refractivity contribution is 6.46. The summed E-state index contributed by atoms with van der Waals surface area (Å²) in [5, 5.41) is 20.5. The molecule has 2 unspecified atom stereocenters. The van der Waals surface area contributed by atoms with Crippen LogP contribution in [0.25, 0.3) is 10.8 Å². The Morgan fingerprint density at radius 3 is 2.76 bits per heavy atom. The lowest BCUT2D eigenvalue weighted by Gasteiger charge is -2.29. The van der Waals surface area contributed by atoms with Crippen molar-refractivity contribution < 1.29 is 23.9 Å². The predicted molar refractivity (Wildman–Crippen MR) is 143 cm³/mol. The van der Waals surface area contributed by atoms with Crippen LogP contribution in [-0.4, -0.2) is 53.4 Å². The summed E-state index contributed by atoms with van der Waals surface area (Å²) in [6.45, 7) is 2.47. The molecule has 3 aliphatic rings. The smallest absolute Gasteiger partial charge is 0.274 e. The summed E-state index contributed by atoms with van der Waals surface area (Å²) < 4.78 is 19.6. The molecule has 1 amide bonds. The van der Waals surface area contributed by atoms with E-state index in [0.29, 0.717) is 28.4 Å². The molecule has 2 N–H and O–H groups in total. The van der Waals surface area contributed by atoms with Crippen molar-refractivity contribution in [3.8, 4) is 5.75 Å². The number of hydrogen-bond acceptors (Lipinski definition) is 6. The number of amides is 1. The summed E-state index contributed by atoms with van der Waals surface area (Å²) in [4.78, 5) is 21.2. The van der Waals surface area contributed by atoms with Crippen LogP contribution in [0.1, 0.15) is 48.5 Å². The Labute approximate surface area is 225 Å². The van der Waals surface area contributed by atoms with Crippen LogP contribution < -0.4 is 10.1 Å². The molecule has 9 heteroatoms. The van der Waals surface area contributed by atoms with Gasteiger partial charge < -0.3 is 24.9 Å². The van der Waals surface area contributed by atoms with E-state index in [1.165, 1.54) is 12.1 Å². The first-order valence-electron chi connectivity index (χ1n) is 13.0. The van der Waals surface area contributed by atoms with E-state index in [-0.39, 0.29) is 24.2 Å². The van der Waals surface area contributed by atoms with Gasteiger partial charge in [-0.1, -0.05) is 41.0 Å². The van der Waals surface area contributed by atoms with Gasteiger partial charge in [-0.3, -0.25) is 4.79 Å². The molecule has 2 aliphatic heterocycles. The number of aliphatic hydroxyl groups is 1. The van der Waals surface area contributed by atoms with E-state index in [4.69, 9.17) is 21.2 Å². The van der Waals surface area contributed by atoms with Crippen LogP contribution in [0.15, 0.2) is 53.7 Å². The third-order valence-electron chi connectivity index (χ3n) is 7.39. The maximum Gasteiger partial charge on any atom is 0.274 e. The molecule has 0 bridgehead atoms. The van der Waals surface area contributed by atoms with Crippen molar-refractivity contribution in [2.45, 2.75) is 50.5 Å². The Morgan fingerprint density at radius 2 is 2.00 bits per heavy atom. The molecule has 0 radical (unpaired) electrons. The summed E-state index contributed by atoms with van der Waals surface area (Å²) in [6, 6.07) is 12.7. The lowest BCUT2D eigenvalue weighted by Crippen LogP contribution is -2.49. The average Bonchev–Trinajstić information content (AvgIpc) is 3.59. The molecular formula is C29H29ClFN3O4. The number of ether oxygens (including phenoxy) is 1. The fourth-order valence-corrected chi connectivity index (χ4v) is 5.45. The van der Waals surface area contributed by atoms with Gasteiger partial charge in [-0.2, -0.15) is 0 Å². The second kappa shape index (κ2) is 10.5. The monoisotopic (exact) mass is 537 g/mol. The number of carbonyl (C=O) groups is 1. The second-order valence-corrected chi connectivity index (χ2v) is 10.6. The van der Waals surface area contributed by atoms with E-state index in [1.807, 2.05) is 0 Å². The summed E-state index contributed by atoms with van der Waals surface area (Å²) in [6.07, 6.45) is 3.41. The molecule has 3 aromatic rings. The summed E-state index contributed by atoms with van der Waals surface area (Å²) >= 11 is 6.47. The van der Waals surface area contributed by atoms with E-state index in [9.17, 15) is 14.3 Å². The van der Waals surface area contributed by atoms with Crippen molar-refractivity contribution in [3.05, 3.63) is 76.1 Å². The van der Waals surface area contributed by atoms with Crippen LogP contribution in [0, 0.1) is 5.82 Å². The summed E-state index contributed by atoms with van der Waals surface area (Å²) in [7, 11) is 0. The fourth-order valence-electron chi connectivity index (χ4n) is 5.22. The molecule has 6 rings (SSSR count). The molecule has 0 spiro atoms. The predicted octanol–water partition coefficient (Wildman–Crippen LogP) is 4.72. The van der Waals surface area contributed by atoms with Crippen LogP contribution in [0.3, 0.4) is 0 Å².